The lowest BCUT2D eigenvalue weighted by atomic mass is 9.68. The number of carbonyl (C=O) groups excluding carboxylic acids is 1. The van der Waals surface area contributed by atoms with E-state index >= 15 is 0 Å². The van der Waals surface area contributed by atoms with E-state index in [1.807, 2.05) is 0 Å². The molecular formula is C12H17NO4. The minimum absolute atomic E-state index is 0.315. The van der Waals surface area contributed by atoms with Crippen LogP contribution in [0.4, 0.5) is 0 Å². The molecule has 3 rings (SSSR count). The summed E-state index contributed by atoms with van der Waals surface area (Å²) >= 11 is 0. The minimum Gasteiger partial charge on any atom is -0.476 e. The lowest BCUT2D eigenvalue weighted by molar-refractivity contribution is -0.132. The molecule has 17 heavy (non-hydrogen) atoms. The number of nitrogens with zero attached hydrogens (tertiary/aromatic N) is 1. The summed E-state index contributed by atoms with van der Waals surface area (Å²) in [5.41, 5.74) is -0.822. The van der Waals surface area contributed by atoms with Gasteiger partial charge in [0.25, 0.3) is 0 Å². The smallest absolute Gasteiger partial charge is 0.361 e. The predicted octanol–water partition coefficient (Wildman–Crippen LogP) is 1.76. The molecule has 3 aliphatic carbocycles. The Hall–Kier alpha value is -1.39. The maximum absolute atomic E-state index is 11.1. The van der Waals surface area contributed by atoms with Gasteiger partial charge in [0.15, 0.2) is 5.78 Å². The van der Waals surface area contributed by atoms with Gasteiger partial charge in [-0.15, -0.1) is 0 Å². The van der Waals surface area contributed by atoms with Crippen molar-refractivity contribution in [3.05, 3.63) is 0 Å². The van der Waals surface area contributed by atoms with Crippen molar-refractivity contribution in [3.63, 3.8) is 0 Å². The number of carbonyl (C=O) groups is 2. The number of aliphatic carboxylic acids is 1. The molecule has 0 saturated heterocycles. The van der Waals surface area contributed by atoms with Crippen molar-refractivity contribution in [2.24, 2.45) is 11.1 Å². The molecule has 5 heteroatoms. The third-order valence-electron chi connectivity index (χ3n) is 3.89. The molecule has 1 N–H and O–H groups in total. The molecule has 0 aliphatic heterocycles. The van der Waals surface area contributed by atoms with Gasteiger partial charge in [0.1, 0.15) is 5.60 Å². The van der Waals surface area contributed by atoms with Gasteiger partial charge < -0.3 is 9.94 Å². The molecule has 3 fully saturated rings. The fraction of sp³-hybridized carbons (Fsp3) is 0.750. The number of hydrogen-bond donors (Lipinski definition) is 1. The van der Waals surface area contributed by atoms with Gasteiger partial charge in [0, 0.05) is 6.92 Å². The van der Waals surface area contributed by atoms with Crippen LogP contribution in [-0.4, -0.2) is 28.2 Å². The zero-order valence-corrected chi connectivity index (χ0v) is 9.94. The molecule has 3 saturated carbocycles. The van der Waals surface area contributed by atoms with Crippen molar-refractivity contribution < 1.29 is 19.5 Å². The molecule has 0 atom stereocenters. The summed E-state index contributed by atoms with van der Waals surface area (Å²) in [5.74, 6) is -1.09. The highest BCUT2D eigenvalue weighted by Gasteiger charge is 2.43. The molecule has 0 unspecified atom stereocenters. The molecule has 3 aliphatic rings. The van der Waals surface area contributed by atoms with E-state index in [1.165, 1.54) is 6.92 Å². The Morgan fingerprint density at radius 2 is 1.76 bits per heavy atom. The lowest BCUT2D eigenvalue weighted by Crippen LogP contribution is -2.41. The van der Waals surface area contributed by atoms with Crippen LogP contribution in [0.3, 0.4) is 0 Å². The van der Waals surface area contributed by atoms with Crippen LogP contribution in [0.25, 0.3) is 0 Å². The van der Waals surface area contributed by atoms with Crippen LogP contribution in [0, 0.1) is 5.92 Å². The predicted molar refractivity (Wildman–Crippen MR) is 60.8 cm³/mol. The standard InChI is InChI=1S/C12H17NO4/c1-8(14)10(11(15)16)13-17-12-5-2-9(3-6-12)4-7-12/h9H,2-7H2,1H3,(H,15,16)/b13-10-. The van der Waals surface area contributed by atoms with Gasteiger partial charge >= 0.3 is 5.97 Å². The summed E-state index contributed by atoms with van der Waals surface area (Å²) in [7, 11) is 0. The maximum atomic E-state index is 11.1. The topological polar surface area (TPSA) is 76.0 Å². The third kappa shape index (κ3) is 2.48. The van der Waals surface area contributed by atoms with Gasteiger partial charge in [-0.2, -0.15) is 0 Å². The first-order chi connectivity index (χ1) is 8.02. The molecule has 0 radical (unpaired) electrons. The number of hydrogen-bond acceptors (Lipinski definition) is 4. The number of ketones is 1. The molecule has 0 aromatic heterocycles. The van der Waals surface area contributed by atoms with Gasteiger partial charge in [-0.25, -0.2) is 4.79 Å². The number of Topliss-reactive ketones (excluding diaryl/α,β-unsaturated/α-hetero) is 1. The maximum Gasteiger partial charge on any atom is 0.361 e. The lowest BCUT2D eigenvalue weighted by Gasteiger charge is -2.44. The van der Waals surface area contributed by atoms with Gasteiger partial charge in [0.05, 0.1) is 0 Å². The Balaban J connectivity index is 2.07. The van der Waals surface area contributed by atoms with Gasteiger partial charge in [0.2, 0.25) is 5.71 Å². The molecular weight excluding hydrogens is 222 g/mol. The van der Waals surface area contributed by atoms with Crippen LogP contribution in [0.5, 0.6) is 0 Å². The molecule has 0 aromatic rings. The normalized spacial score (nSPS) is 32.3. The second-order valence-corrected chi connectivity index (χ2v) is 5.06. The highest BCUT2D eigenvalue weighted by molar-refractivity contribution is 6.63. The number of oxime groups is 1. The summed E-state index contributed by atoms with van der Waals surface area (Å²) in [4.78, 5) is 27.3. The van der Waals surface area contributed by atoms with E-state index in [-0.39, 0.29) is 5.60 Å². The van der Waals surface area contributed by atoms with Crippen LogP contribution in [0.1, 0.15) is 45.4 Å². The van der Waals surface area contributed by atoms with Crippen molar-refractivity contribution in [2.45, 2.75) is 51.0 Å². The summed E-state index contributed by atoms with van der Waals surface area (Å²) in [6, 6.07) is 0. The first-order valence-corrected chi connectivity index (χ1v) is 6.03. The number of rotatable bonds is 4. The molecule has 0 heterocycles. The monoisotopic (exact) mass is 239 g/mol. The average molecular weight is 239 g/mol. The summed E-state index contributed by atoms with van der Waals surface area (Å²) in [6.45, 7) is 1.19. The molecule has 94 valence electrons. The Bertz CT molecular complexity index is 337. The van der Waals surface area contributed by atoms with Crippen LogP contribution in [-0.2, 0) is 14.4 Å². The largest absolute Gasteiger partial charge is 0.476 e. The van der Waals surface area contributed by atoms with Crippen LogP contribution < -0.4 is 0 Å². The van der Waals surface area contributed by atoms with Crippen molar-refractivity contribution in [2.75, 3.05) is 0 Å². The molecule has 5 nitrogen and oxygen atoms in total. The fourth-order valence-corrected chi connectivity index (χ4v) is 2.74. The third-order valence-corrected chi connectivity index (χ3v) is 3.89. The molecule has 0 amide bonds. The Kier molecular flexibility index (Phi) is 3.17. The zero-order chi connectivity index (χ0) is 12.5. The highest BCUT2D eigenvalue weighted by atomic mass is 16.7. The number of fused-ring (bicyclic) bond motifs is 3. The quantitative estimate of drug-likeness (QED) is 0.460. The van der Waals surface area contributed by atoms with E-state index < -0.39 is 17.5 Å². The fourth-order valence-electron chi connectivity index (χ4n) is 2.74. The second kappa shape index (κ2) is 4.47. The SMILES string of the molecule is CC(=O)/C(=N/OC12CCC(CC1)CC2)C(=O)O. The number of carboxylic acid groups (broad SMARTS) is 1. The zero-order valence-electron chi connectivity index (χ0n) is 9.94. The first kappa shape index (κ1) is 12.1. The number of carboxylic acids is 1. The van der Waals surface area contributed by atoms with E-state index in [2.05, 4.69) is 5.16 Å². The minimum atomic E-state index is -1.32. The first-order valence-electron chi connectivity index (χ1n) is 6.03. The van der Waals surface area contributed by atoms with Crippen molar-refractivity contribution in [1.82, 2.24) is 0 Å². The van der Waals surface area contributed by atoms with Crippen LogP contribution in [0.15, 0.2) is 5.16 Å². The molecule has 0 spiro atoms. The summed E-state index contributed by atoms with van der Waals surface area (Å²) in [6.07, 6.45) is 6.14. The second-order valence-electron chi connectivity index (χ2n) is 5.06. The Labute approximate surface area is 99.8 Å². The molecule has 0 aromatic carbocycles. The van der Waals surface area contributed by atoms with E-state index in [0.717, 1.165) is 44.4 Å². The van der Waals surface area contributed by atoms with Gasteiger partial charge in [-0.1, -0.05) is 5.16 Å². The van der Waals surface area contributed by atoms with Crippen molar-refractivity contribution >= 4 is 17.5 Å². The van der Waals surface area contributed by atoms with E-state index in [4.69, 9.17) is 9.94 Å². The van der Waals surface area contributed by atoms with E-state index in [0.29, 0.717) is 0 Å². The average Bonchev–Trinajstić information content (AvgIpc) is 2.30. The van der Waals surface area contributed by atoms with Crippen LogP contribution in [0.2, 0.25) is 0 Å². The van der Waals surface area contributed by atoms with E-state index in [9.17, 15) is 9.59 Å². The Morgan fingerprint density at radius 1 is 1.24 bits per heavy atom. The van der Waals surface area contributed by atoms with Gasteiger partial charge in [-0.05, 0) is 44.4 Å². The van der Waals surface area contributed by atoms with Gasteiger partial charge in [-0.3, -0.25) is 4.79 Å². The van der Waals surface area contributed by atoms with Crippen LogP contribution >= 0.6 is 0 Å². The van der Waals surface area contributed by atoms with Crippen molar-refractivity contribution in [1.29, 1.82) is 0 Å². The van der Waals surface area contributed by atoms with Crippen molar-refractivity contribution in [3.8, 4) is 0 Å². The Morgan fingerprint density at radius 3 is 2.18 bits per heavy atom. The van der Waals surface area contributed by atoms with E-state index in [1.54, 1.807) is 0 Å². The highest BCUT2D eigenvalue weighted by Crippen LogP contribution is 2.46. The summed E-state index contributed by atoms with van der Waals surface area (Å²) < 4.78 is 0. The summed E-state index contributed by atoms with van der Waals surface area (Å²) in [5, 5.41) is 12.4. The molecule has 2 bridgehead atoms.